The molecule has 0 unspecified atom stereocenters. The molecule has 0 N–H and O–H groups in total. The highest BCUT2D eigenvalue weighted by molar-refractivity contribution is 7.99. The molecular weight excluding hydrogens is 392 g/mol. The maximum absolute atomic E-state index is 12.9. The molecule has 146 valence electrons. The Hall–Kier alpha value is -2.05. The molecular formula is C21H23ClN4OS. The van der Waals surface area contributed by atoms with E-state index in [4.69, 9.17) is 11.6 Å². The van der Waals surface area contributed by atoms with Gasteiger partial charge in [0.1, 0.15) is 5.82 Å². The van der Waals surface area contributed by atoms with E-state index in [-0.39, 0.29) is 5.78 Å². The van der Waals surface area contributed by atoms with E-state index in [1.165, 1.54) is 24.6 Å². The minimum atomic E-state index is 0.117. The summed E-state index contributed by atoms with van der Waals surface area (Å²) in [6.45, 7) is 6.66. The molecule has 1 saturated carbocycles. The van der Waals surface area contributed by atoms with E-state index in [0.29, 0.717) is 18.3 Å². The van der Waals surface area contributed by atoms with Gasteiger partial charge in [-0.05, 0) is 51.3 Å². The number of carbonyl (C=O) groups is 1. The summed E-state index contributed by atoms with van der Waals surface area (Å²) in [6, 6.07) is 10.3. The molecule has 7 heteroatoms. The summed E-state index contributed by atoms with van der Waals surface area (Å²) in [5.74, 6) is 1.41. The quantitative estimate of drug-likeness (QED) is 0.402. The summed E-state index contributed by atoms with van der Waals surface area (Å²) >= 11 is 7.79. The molecule has 1 fully saturated rings. The van der Waals surface area contributed by atoms with Gasteiger partial charge in [-0.2, -0.15) is 0 Å². The topological polar surface area (TPSA) is 52.7 Å². The number of aryl methyl sites for hydroxylation is 2. The Morgan fingerprint density at radius 1 is 1.21 bits per heavy atom. The summed E-state index contributed by atoms with van der Waals surface area (Å²) in [4.78, 5) is 12.9. The molecule has 2 aromatic heterocycles. The number of carbonyl (C=O) groups excluding carboxylic acids is 1. The number of benzene rings is 1. The van der Waals surface area contributed by atoms with Crippen LogP contribution in [-0.4, -0.2) is 30.9 Å². The number of rotatable bonds is 7. The highest BCUT2D eigenvalue weighted by Gasteiger charge is 2.28. The summed E-state index contributed by atoms with van der Waals surface area (Å²) < 4.78 is 4.31. The molecule has 2 heterocycles. The number of hydrogen-bond acceptors (Lipinski definition) is 4. The van der Waals surface area contributed by atoms with Gasteiger partial charge >= 0.3 is 0 Å². The molecule has 1 aliphatic carbocycles. The van der Waals surface area contributed by atoms with E-state index in [1.54, 1.807) is 0 Å². The minimum absolute atomic E-state index is 0.117. The van der Waals surface area contributed by atoms with Crippen LogP contribution in [0.3, 0.4) is 0 Å². The molecule has 0 bridgehead atoms. The third kappa shape index (κ3) is 3.76. The van der Waals surface area contributed by atoms with Crippen molar-refractivity contribution >= 4 is 29.1 Å². The molecule has 4 rings (SSSR count). The lowest BCUT2D eigenvalue weighted by Crippen LogP contribution is -2.08. The van der Waals surface area contributed by atoms with Gasteiger partial charge in [0.05, 0.1) is 5.75 Å². The summed E-state index contributed by atoms with van der Waals surface area (Å²) in [5.41, 5.74) is 3.85. The summed E-state index contributed by atoms with van der Waals surface area (Å²) in [7, 11) is 0. The van der Waals surface area contributed by atoms with Crippen LogP contribution in [0.4, 0.5) is 0 Å². The Bertz CT molecular complexity index is 1040. The van der Waals surface area contributed by atoms with Gasteiger partial charge in [0, 0.05) is 34.6 Å². The van der Waals surface area contributed by atoms with E-state index in [0.717, 1.165) is 38.5 Å². The Balaban J connectivity index is 1.50. The number of hydrogen-bond donors (Lipinski definition) is 0. The zero-order chi connectivity index (χ0) is 19.8. The smallest absolute Gasteiger partial charge is 0.191 e. The van der Waals surface area contributed by atoms with Crippen LogP contribution in [0, 0.1) is 20.8 Å². The molecule has 0 saturated heterocycles. The van der Waals surface area contributed by atoms with E-state index >= 15 is 0 Å². The molecule has 1 aliphatic rings. The average molecular weight is 415 g/mol. The first-order valence-corrected chi connectivity index (χ1v) is 10.8. The number of nitrogens with zero attached hydrogens (tertiary/aromatic N) is 4. The molecule has 0 spiro atoms. The Kier molecular flexibility index (Phi) is 5.34. The molecule has 0 radical (unpaired) electrons. The van der Waals surface area contributed by atoms with Crippen molar-refractivity contribution in [3.63, 3.8) is 0 Å². The normalized spacial score (nSPS) is 13.9. The molecule has 0 aliphatic heterocycles. The van der Waals surface area contributed by atoms with Gasteiger partial charge in [-0.25, -0.2) is 0 Å². The lowest BCUT2D eigenvalue weighted by atomic mass is 10.2. The third-order valence-electron chi connectivity index (χ3n) is 5.24. The van der Waals surface area contributed by atoms with Crippen LogP contribution in [0.2, 0.25) is 5.02 Å². The van der Waals surface area contributed by atoms with Crippen molar-refractivity contribution < 1.29 is 4.79 Å². The number of ketones is 1. The minimum Gasteiger partial charge on any atom is -0.344 e. The maximum Gasteiger partial charge on any atom is 0.191 e. The molecule has 3 aromatic rings. The zero-order valence-electron chi connectivity index (χ0n) is 16.3. The fraction of sp³-hybridized carbons (Fsp3) is 0.381. The van der Waals surface area contributed by atoms with Crippen LogP contribution >= 0.6 is 23.4 Å². The second kappa shape index (κ2) is 7.76. The van der Waals surface area contributed by atoms with E-state index in [2.05, 4.69) is 19.3 Å². The van der Waals surface area contributed by atoms with Gasteiger partial charge in [0.25, 0.3) is 0 Å². The van der Waals surface area contributed by atoms with Crippen LogP contribution < -0.4 is 0 Å². The predicted molar refractivity (Wildman–Crippen MR) is 113 cm³/mol. The first kappa shape index (κ1) is 19.3. The standard InChI is InChI=1S/C21H23ClN4OS/c1-13-10-18(14(2)25(13)11-16-6-4-5-7-19(16)22)20(27)12-28-21-24-23-15(3)26(21)17-8-9-17/h4-7,10,17H,8-9,11-12H2,1-3H3. The molecule has 1 aromatic carbocycles. The van der Waals surface area contributed by atoms with E-state index in [1.807, 2.05) is 51.1 Å². The van der Waals surface area contributed by atoms with Gasteiger partial charge in [-0.15, -0.1) is 10.2 Å². The average Bonchev–Trinajstić information content (AvgIpc) is 3.38. The predicted octanol–water partition coefficient (Wildman–Crippen LogP) is 5.02. The van der Waals surface area contributed by atoms with Crippen LogP contribution in [0.5, 0.6) is 0 Å². The fourth-order valence-electron chi connectivity index (χ4n) is 3.53. The molecule has 28 heavy (non-hydrogen) atoms. The van der Waals surface area contributed by atoms with Crippen molar-refractivity contribution in [3.05, 3.63) is 63.7 Å². The summed E-state index contributed by atoms with van der Waals surface area (Å²) in [5, 5.41) is 10.0. The van der Waals surface area contributed by atoms with Gasteiger partial charge in [0.15, 0.2) is 10.9 Å². The van der Waals surface area contributed by atoms with Gasteiger partial charge in [0.2, 0.25) is 0 Å². The first-order valence-electron chi connectivity index (χ1n) is 9.43. The molecule has 0 atom stereocenters. The van der Waals surface area contributed by atoms with Crippen molar-refractivity contribution in [2.24, 2.45) is 0 Å². The lowest BCUT2D eigenvalue weighted by molar-refractivity contribution is 0.102. The second-order valence-corrected chi connectivity index (χ2v) is 8.65. The highest BCUT2D eigenvalue weighted by atomic mass is 35.5. The Morgan fingerprint density at radius 2 is 1.96 bits per heavy atom. The number of aromatic nitrogens is 4. The highest BCUT2D eigenvalue weighted by Crippen LogP contribution is 2.38. The van der Waals surface area contributed by atoms with Crippen molar-refractivity contribution in [2.45, 2.75) is 51.4 Å². The number of Topliss-reactive ketones (excluding diaryl/α,β-unsaturated/α-hetero) is 1. The SMILES string of the molecule is Cc1cc(C(=O)CSc2nnc(C)n2C2CC2)c(C)n1Cc1ccccc1Cl. The van der Waals surface area contributed by atoms with Crippen molar-refractivity contribution in [3.8, 4) is 0 Å². The van der Waals surface area contributed by atoms with Crippen LogP contribution in [-0.2, 0) is 6.54 Å². The van der Waals surface area contributed by atoms with Gasteiger partial charge in [-0.1, -0.05) is 41.6 Å². The molecule has 0 amide bonds. The van der Waals surface area contributed by atoms with Gasteiger partial charge < -0.3 is 9.13 Å². The summed E-state index contributed by atoms with van der Waals surface area (Å²) in [6.07, 6.45) is 2.34. The Labute approximate surface area is 174 Å². The van der Waals surface area contributed by atoms with Crippen molar-refractivity contribution in [1.29, 1.82) is 0 Å². The van der Waals surface area contributed by atoms with Crippen LogP contribution in [0.25, 0.3) is 0 Å². The largest absolute Gasteiger partial charge is 0.344 e. The number of thioether (sulfide) groups is 1. The third-order valence-corrected chi connectivity index (χ3v) is 6.55. The maximum atomic E-state index is 12.9. The second-order valence-electron chi connectivity index (χ2n) is 7.31. The van der Waals surface area contributed by atoms with Gasteiger partial charge in [-0.3, -0.25) is 4.79 Å². The van der Waals surface area contributed by atoms with Crippen LogP contribution in [0.15, 0.2) is 35.5 Å². The van der Waals surface area contributed by atoms with E-state index < -0.39 is 0 Å². The fourth-order valence-corrected chi connectivity index (χ4v) is 4.66. The number of halogens is 1. The van der Waals surface area contributed by atoms with E-state index in [9.17, 15) is 4.79 Å². The van der Waals surface area contributed by atoms with Crippen molar-refractivity contribution in [1.82, 2.24) is 19.3 Å². The Morgan fingerprint density at radius 3 is 2.68 bits per heavy atom. The molecule has 5 nitrogen and oxygen atoms in total. The first-order chi connectivity index (χ1) is 13.5. The monoisotopic (exact) mass is 414 g/mol. The lowest BCUT2D eigenvalue weighted by Gasteiger charge is -2.11. The van der Waals surface area contributed by atoms with Crippen molar-refractivity contribution in [2.75, 3.05) is 5.75 Å². The van der Waals surface area contributed by atoms with Crippen LogP contribution in [0.1, 0.15) is 52.0 Å². The zero-order valence-corrected chi connectivity index (χ0v) is 17.8.